The Bertz CT molecular complexity index is 1150. The van der Waals surface area contributed by atoms with Crippen LogP contribution < -0.4 is 10.6 Å². The summed E-state index contributed by atoms with van der Waals surface area (Å²) in [5, 5.41) is 0. The molecule has 1 aliphatic carbocycles. The highest BCUT2D eigenvalue weighted by Crippen LogP contribution is 2.49. The molecule has 1 amide bonds. The minimum absolute atomic E-state index is 0.0577. The molecule has 5 nitrogen and oxygen atoms in total. The van der Waals surface area contributed by atoms with Gasteiger partial charge in [-0.3, -0.25) is 14.7 Å². The summed E-state index contributed by atoms with van der Waals surface area (Å²) in [6.45, 7) is 1.40. The second kappa shape index (κ2) is 8.95. The minimum Gasteiger partial charge on any atom is -0.404 e. The maximum absolute atomic E-state index is 15.1. The van der Waals surface area contributed by atoms with Gasteiger partial charge in [0.05, 0.1) is 12.0 Å². The van der Waals surface area contributed by atoms with Crippen molar-refractivity contribution in [2.75, 3.05) is 25.0 Å². The fraction of sp³-hybridized carbons (Fsp3) is 0.407. The summed E-state index contributed by atoms with van der Waals surface area (Å²) in [7, 11) is 1.56. The van der Waals surface area contributed by atoms with Crippen molar-refractivity contribution in [3.63, 3.8) is 0 Å². The van der Waals surface area contributed by atoms with Crippen LogP contribution in [0.4, 0.5) is 14.5 Å². The van der Waals surface area contributed by atoms with Gasteiger partial charge >= 0.3 is 0 Å². The Labute approximate surface area is 199 Å². The largest absolute Gasteiger partial charge is 0.404 e. The van der Waals surface area contributed by atoms with Crippen LogP contribution in [-0.2, 0) is 16.8 Å². The number of likely N-dealkylation sites (tertiary alicyclic amines) is 1. The van der Waals surface area contributed by atoms with Crippen LogP contribution >= 0.6 is 0 Å². The van der Waals surface area contributed by atoms with Crippen LogP contribution in [0.15, 0.2) is 47.6 Å². The molecule has 0 radical (unpaired) electrons. The molecule has 7 heteroatoms. The number of nitrogens with two attached hydrogens (primary N) is 1. The molecule has 1 unspecified atom stereocenters. The molecule has 178 valence electrons. The molecule has 34 heavy (non-hydrogen) atoms. The number of halogens is 2. The molecule has 2 N–H and O–H groups in total. The number of hydrogen-bond acceptors (Lipinski definition) is 4. The summed E-state index contributed by atoms with van der Waals surface area (Å²) in [6.07, 6.45) is 8.30. The van der Waals surface area contributed by atoms with E-state index in [4.69, 9.17) is 5.73 Å². The van der Waals surface area contributed by atoms with Crippen LogP contribution in [0.25, 0.3) is 5.57 Å². The third-order valence-corrected chi connectivity index (χ3v) is 7.74. The number of para-hydroxylation sites is 1. The number of rotatable bonds is 5. The summed E-state index contributed by atoms with van der Waals surface area (Å²) >= 11 is 0. The lowest BCUT2D eigenvalue weighted by molar-refractivity contribution is -0.123. The Kier molecular flexibility index (Phi) is 5.98. The second-order valence-corrected chi connectivity index (χ2v) is 9.58. The van der Waals surface area contributed by atoms with Gasteiger partial charge in [0.15, 0.2) is 0 Å². The van der Waals surface area contributed by atoms with E-state index in [1.165, 1.54) is 50.2 Å². The molecule has 2 aromatic carbocycles. The molecule has 2 fully saturated rings. The molecule has 1 atom stereocenters. The number of anilines is 1. The molecule has 1 spiro atoms. The van der Waals surface area contributed by atoms with Crippen molar-refractivity contribution in [2.45, 2.75) is 50.1 Å². The molecule has 2 aliphatic heterocycles. The predicted molar refractivity (Wildman–Crippen MR) is 131 cm³/mol. The first kappa shape index (κ1) is 22.7. The summed E-state index contributed by atoms with van der Waals surface area (Å²) in [5.74, 6) is -1.47. The topological polar surface area (TPSA) is 61.9 Å². The Morgan fingerprint density at radius 3 is 2.59 bits per heavy atom. The summed E-state index contributed by atoms with van der Waals surface area (Å²) in [5.41, 5.74) is 7.29. The summed E-state index contributed by atoms with van der Waals surface area (Å²) in [6, 6.07) is 10.7. The first-order chi connectivity index (χ1) is 16.5. The van der Waals surface area contributed by atoms with Crippen molar-refractivity contribution in [1.82, 2.24) is 4.90 Å². The van der Waals surface area contributed by atoms with E-state index < -0.39 is 17.0 Å². The molecule has 2 heterocycles. The van der Waals surface area contributed by atoms with Gasteiger partial charge in [-0.15, -0.1) is 0 Å². The fourth-order valence-corrected chi connectivity index (χ4v) is 6.00. The lowest BCUT2D eigenvalue weighted by Crippen LogP contribution is -2.43. The molecule has 5 rings (SSSR count). The molecule has 0 aromatic heterocycles. The van der Waals surface area contributed by atoms with Crippen molar-refractivity contribution in [3.8, 4) is 0 Å². The van der Waals surface area contributed by atoms with Crippen LogP contribution in [0.5, 0.6) is 0 Å². The zero-order chi connectivity index (χ0) is 23.9. The lowest BCUT2D eigenvalue weighted by Gasteiger charge is -2.27. The van der Waals surface area contributed by atoms with Crippen molar-refractivity contribution >= 4 is 23.4 Å². The highest BCUT2D eigenvalue weighted by atomic mass is 19.1. The number of carbonyl (C=O) groups is 1. The lowest BCUT2D eigenvalue weighted by atomic mass is 9.81. The van der Waals surface area contributed by atoms with E-state index in [2.05, 4.69) is 9.89 Å². The molecule has 1 saturated heterocycles. The van der Waals surface area contributed by atoms with Gasteiger partial charge in [-0.05, 0) is 55.1 Å². The van der Waals surface area contributed by atoms with E-state index >= 15 is 8.78 Å². The smallest absolute Gasteiger partial charge is 0.239 e. The maximum atomic E-state index is 15.1. The maximum Gasteiger partial charge on any atom is 0.239 e. The average molecular weight is 465 g/mol. The number of aliphatic imine (C=N–C) groups is 1. The van der Waals surface area contributed by atoms with Crippen LogP contribution in [-0.4, -0.2) is 43.2 Å². The second-order valence-electron chi connectivity index (χ2n) is 9.58. The Morgan fingerprint density at radius 2 is 1.91 bits per heavy atom. The van der Waals surface area contributed by atoms with Gasteiger partial charge in [0.2, 0.25) is 5.91 Å². The van der Waals surface area contributed by atoms with Gasteiger partial charge in [-0.25, -0.2) is 8.78 Å². The summed E-state index contributed by atoms with van der Waals surface area (Å²) in [4.78, 5) is 21.8. The first-order valence-electron chi connectivity index (χ1n) is 12.0. The standard InChI is InChI=1S/C27H30F2N4O/c1-31-15-19(14-30)18-12-23(28)21(24(29)13-18)16-33-25-9-5-4-8-22(25)27(26(33)34)10-11-32(17-27)20-6-2-3-7-20/h4-5,8-9,12-15,20H,2-3,6-7,10-11,16-17,30H2,1H3/b19-14+,31-15?. The van der Waals surface area contributed by atoms with E-state index in [1.54, 1.807) is 11.9 Å². The zero-order valence-electron chi connectivity index (χ0n) is 19.4. The Hall–Kier alpha value is -3.06. The van der Waals surface area contributed by atoms with Crippen LogP contribution in [0.1, 0.15) is 48.8 Å². The number of allylic oxidation sites excluding steroid dienone is 1. The molecule has 0 bridgehead atoms. The fourth-order valence-electron chi connectivity index (χ4n) is 6.00. The van der Waals surface area contributed by atoms with Crippen LogP contribution in [0.3, 0.4) is 0 Å². The molecular weight excluding hydrogens is 434 g/mol. The molecule has 3 aliphatic rings. The van der Waals surface area contributed by atoms with Gasteiger partial charge in [0.25, 0.3) is 0 Å². The normalized spacial score (nSPS) is 23.7. The number of hydrogen-bond donors (Lipinski definition) is 1. The highest BCUT2D eigenvalue weighted by Gasteiger charge is 2.55. The monoisotopic (exact) mass is 464 g/mol. The molecule has 1 saturated carbocycles. The van der Waals surface area contributed by atoms with E-state index in [1.807, 2.05) is 24.3 Å². The number of amides is 1. The third kappa shape index (κ3) is 3.63. The highest BCUT2D eigenvalue weighted by molar-refractivity contribution is 6.10. The van der Waals surface area contributed by atoms with Gasteiger partial charge in [-0.1, -0.05) is 31.0 Å². The van der Waals surface area contributed by atoms with Crippen LogP contribution in [0.2, 0.25) is 0 Å². The minimum atomic E-state index is -0.705. The Morgan fingerprint density at radius 1 is 1.21 bits per heavy atom. The van der Waals surface area contributed by atoms with Gasteiger partial charge in [-0.2, -0.15) is 0 Å². The third-order valence-electron chi connectivity index (χ3n) is 7.74. The predicted octanol–water partition coefficient (Wildman–Crippen LogP) is 4.40. The first-order valence-corrected chi connectivity index (χ1v) is 12.0. The quantitative estimate of drug-likeness (QED) is 0.668. The van der Waals surface area contributed by atoms with E-state index in [0.29, 0.717) is 23.7 Å². The van der Waals surface area contributed by atoms with Gasteiger partial charge in [0, 0.05) is 48.9 Å². The van der Waals surface area contributed by atoms with Crippen molar-refractivity contribution in [3.05, 3.63) is 70.9 Å². The van der Waals surface area contributed by atoms with E-state index in [-0.39, 0.29) is 18.0 Å². The van der Waals surface area contributed by atoms with Gasteiger partial charge < -0.3 is 10.6 Å². The van der Waals surface area contributed by atoms with Crippen LogP contribution in [0, 0.1) is 11.6 Å². The number of carbonyl (C=O) groups excluding carboxylic acids is 1. The zero-order valence-corrected chi connectivity index (χ0v) is 19.4. The molecule has 2 aromatic rings. The van der Waals surface area contributed by atoms with Crippen molar-refractivity contribution in [1.29, 1.82) is 0 Å². The number of fused-ring (bicyclic) bond motifs is 2. The Balaban J connectivity index is 1.47. The van der Waals surface area contributed by atoms with E-state index in [9.17, 15) is 4.79 Å². The van der Waals surface area contributed by atoms with Gasteiger partial charge in [0.1, 0.15) is 11.6 Å². The average Bonchev–Trinajstić information content (AvgIpc) is 3.56. The number of nitrogens with zero attached hydrogens (tertiary/aromatic N) is 3. The van der Waals surface area contributed by atoms with E-state index in [0.717, 1.165) is 24.2 Å². The molecular formula is C27H30F2N4O. The summed E-state index contributed by atoms with van der Waals surface area (Å²) < 4.78 is 30.3. The number of benzene rings is 2. The van der Waals surface area contributed by atoms with Crippen molar-refractivity contribution in [2.24, 2.45) is 10.7 Å². The van der Waals surface area contributed by atoms with Crippen molar-refractivity contribution < 1.29 is 13.6 Å². The SMILES string of the molecule is CN=C/C(=C\N)c1cc(F)c(CN2C(=O)C3(CCN(C4CCCC4)C3)c3ccccc32)c(F)c1.